The van der Waals surface area contributed by atoms with Crippen molar-refractivity contribution in [2.24, 2.45) is 5.92 Å². The molecule has 4 nitrogen and oxygen atoms in total. The summed E-state index contributed by atoms with van der Waals surface area (Å²) in [6, 6.07) is 3.39. The molecule has 1 N–H and O–H groups in total. The van der Waals surface area contributed by atoms with Crippen LogP contribution in [-0.2, 0) is 0 Å². The highest BCUT2D eigenvalue weighted by Crippen LogP contribution is 2.22. The molecule has 2 heterocycles. The Morgan fingerprint density at radius 1 is 1.50 bits per heavy atom. The van der Waals surface area contributed by atoms with Gasteiger partial charge in [0.25, 0.3) is 5.91 Å². The van der Waals surface area contributed by atoms with Crippen LogP contribution in [0, 0.1) is 5.92 Å². The standard InChI is InChI=1S/C15H21ClN2O2/c1-9(2)12-6-11(7-14(16)17-12)15(20)18-5-4-10(3)13(19)8-18/h6-7,9-10,13,19H,4-5,8H2,1-3H3. The Labute approximate surface area is 124 Å². The molecule has 0 saturated carbocycles. The first-order valence-electron chi connectivity index (χ1n) is 7.03. The van der Waals surface area contributed by atoms with Crippen LogP contribution in [0.2, 0.25) is 5.15 Å². The molecular weight excluding hydrogens is 276 g/mol. The number of carbonyl (C=O) groups excluding carboxylic acids is 1. The van der Waals surface area contributed by atoms with E-state index < -0.39 is 6.10 Å². The zero-order valence-corrected chi connectivity index (χ0v) is 12.9. The molecule has 5 heteroatoms. The highest BCUT2D eigenvalue weighted by molar-refractivity contribution is 6.29. The summed E-state index contributed by atoms with van der Waals surface area (Å²) in [6.45, 7) is 7.09. The summed E-state index contributed by atoms with van der Waals surface area (Å²) in [7, 11) is 0. The third-order valence-corrected chi connectivity index (χ3v) is 4.05. The summed E-state index contributed by atoms with van der Waals surface area (Å²) in [5.41, 5.74) is 1.36. The van der Waals surface area contributed by atoms with E-state index in [1.54, 1.807) is 17.0 Å². The zero-order valence-electron chi connectivity index (χ0n) is 12.1. The molecule has 1 aliphatic heterocycles. The fourth-order valence-electron chi connectivity index (χ4n) is 2.35. The summed E-state index contributed by atoms with van der Waals surface area (Å²) in [5.74, 6) is 0.376. The van der Waals surface area contributed by atoms with Gasteiger partial charge in [0.1, 0.15) is 5.15 Å². The van der Waals surface area contributed by atoms with Crippen LogP contribution in [0.3, 0.4) is 0 Å². The van der Waals surface area contributed by atoms with E-state index in [0.29, 0.717) is 23.8 Å². The number of β-amino-alcohol motifs (C(OH)–C–C–N with tert-alkyl or cyclic N) is 1. The molecule has 1 aromatic heterocycles. The van der Waals surface area contributed by atoms with Crippen LogP contribution in [-0.4, -0.2) is 40.1 Å². The number of aliphatic hydroxyl groups excluding tert-OH is 1. The lowest BCUT2D eigenvalue weighted by atomic mass is 9.95. The average molecular weight is 297 g/mol. The van der Waals surface area contributed by atoms with Gasteiger partial charge < -0.3 is 10.0 Å². The molecule has 1 saturated heterocycles. The fraction of sp³-hybridized carbons (Fsp3) is 0.600. The number of piperidine rings is 1. The molecule has 1 amide bonds. The van der Waals surface area contributed by atoms with Crippen molar-refractivity contribution in [3.8, 4) is 0 Å². The van der Waals surface area contributed by atoms with E-state index in [-0.39, 0.29) is 17.7 Å². The molecule has 1 aromatic rings. The molecule has 0 aromatic carbocycles. The highest BCUT2D eigenvalue weighted by atomic mass is 35.5. The molecule has 0 radical (unpaired) electrons. The van der Waals surface area contributed by atoms with E-state index in [1.165, 1.54) is 0 Å². The normalized spacial score (nSPS) is 23.2. The van der Waals surface area contributed by atoms with Gasteiger partial charge in [-0.2, -0.15) is 0 Å². The maximum absolute atomic E-state index is 12.5. The summed E-state index contributed by atoms with van der Waals surface area (Å²) < 4.78 is 0. The minimum absolute atomic E-state index is 0.0813. The maximum atomic E-state index is 12.5. The van der Waals surface area contributed by atoms with E-state index in [9.17, 15) is 9.90 Å². The largest absolute Gasteiger partial charge is 0.391 e. The van der Waals surface area contributed by atoms with Crippen LogP contribution in [0.25, 0.3) is 0 Å². The first-order valence-corrected chi connectivity index (χ1v) is 7.41. The number of pyridine rings is 1. The molecule has 1 aliphatic rings. The SMILES string of the molecule is CC(C)c1cc(C(=O)N2CCC(C)C(O)C2)cc(Cl)n1. The summed E-state index contributed by atoms with van der Waals surface area (Å²) in [5, 5.41) is 10.2. The fourth-order valence-corrected chi connectivity index (χ4v) is 2.57. The highest BCUT2D eigenvalue weighted by Gasteiger charge is 2.28. The predicted octanol–water partition coefficient (Wildman–Crippen LogP) is 2.70. The Balaban J connectivity index is 2.21. The Kier molecular flexibility index (Phi) is 4.66. The third-order valence-electron chi connectivity index (χ3n) is 3.86. The van der Waals surface area contributed by atoms with Gasteiger partial charge in [-0.05, 0) is 30.4 Å². The van der Waals surface area contributed by atoms with Crippen LogP contribution in [0.5, 0.6) is 0 Å². The van der Waals surface area contributed by atoms with Gasteiger partial charge in [0, 0.05) is 24.3 Å². The number of hydrogen-bond acceptors (Lipinski definition) is 3. The Hall–Kier alpha value is -1.13. The lowest BCUT2D eigenvalue weighted by Gasteiger charge is -2.34. The Morgan fingerprint density at radius 3 is 2.80 bits per heavy atom. The van der Waals surface area contributed by atoms with Crippen LogP contribution in [0.15, 0.2) is 12.1 Å². The van der Waals surface area contributed by atoms with Crippen LogP contribution < -0.4 is 0 Å². The zero-order chi connectivity index (χ0) is 14.9. The molecule has 0 bridgehead atoms. The quantitative estimate of drug-likeness (QED) is 0.854. The van der Waals surface area contributed by atoms with Crippen molar-refractivity contribution in [2.75, 3.05) is 13.1 Å². The van der Waals surface area contributed by atoms with Crippen molar-refractivity contribution < 1.29 is 9.90 Å². The number of carbonyl (C=O) groups is 1. The number of aromatic nitrogens is 1. The summed E-state index contributed by atoms with van der Waals surface area (Å²) >= 11 is 6.00. The Morgan fingerprint density at radius 2 is 2.20 bits per heavy atom. The topological polar surface area (TPSA) is 53.4 Å². The smallest absolute Gasteiger partial charge is 0.254 e. The number of hydrogen-bond donors (Lipinski definition) is 1. The minimum Gasteiger partial charge on any atom is -0.391 e. The second kappa shape index (κ2) is 6.10. The molecule has 2 atom stereocenters. The van der Waals surface area contributed by atoms with E-state index >= 15 is 0 Å². The first kappa shape index (κ1) is 15.3. The van der Waals surface area contributed by atoms with Crippen molar-refractivity contribution in [1.29, 1.82) is 0 Å². The average Bonchev–Trinajstić information content (AvgIpc) is 2.40. The van der Waals surface area contributed by atoms with E-state index in [1.807, 2.05) is 20.8 Å². The number of likely N-dealkylation sites (tertiary alicyclic amines) is 1. The van der Waals surface area contributed by atoms with Gasteiger partial charge in [-0.15, -0.1) is 0 Å². The lowest BCUT2D eigenvalue weighted by Crippen LogP contribution is -2.45. The van der Waals surface area contributed by atoms with Gasteiger partial charge in [-0.3, -0.25) is 4.79 Å². The van der Waals surface area contributed by atoms with E-state index in [0.717, 1.165) is 12.1 Å². The molecule has 1 fully saturated rings. The van der Waals surface area contributed by atoms with Crippen molar-refractivity contribution >= 4 is 17.5 Å². The molecule has 2 rings (SSSR count). The van der Waals surface area contributed by atoms with Gasteiger partial charge in [-0.1, -0.05) is 32.4 Å². The molecule has 110 valence electrons. The second-order valence-electron chi connectivity index (χ2n) is 5.84. The van der Waals surface area contributed by atoms with Crippen LogP contribution >= 0.6 is 11.6 Å². The molecule has 2 unspecified atom stereocenters. The summed E-state index contributed by atoms with van der Waals surface area (Å²) in [4.78, 5) is 18.4. The van der Waals surface area contributed by atoms with Crippen molar-refractivity contribution in [3.05, 3.63) is 28.5 Å². The molecular formula is C15H21ClN2O2. The van der Waals surface area contributed by atoms with Crippen molar-refractivity contribution in [1.82, 2.24) is 9.88 Å². The number of halogens is 1. The third kappa shape index (κ3) is 3.30. The first-order chi connectivity index (χ1) is 9.38. The van der Waals surface area contributed by atoms with E-state index in [4.69, 9.17) is 11.6 Å². The van der Waals surface area contributed by atoms with Gasteiger partial charge in [0.05, 0.1) is 6.10 Å². The van der Waals surface area contributed by atoms with Crippen LogP contribution in [0.1, 0.15) is 49.2 Å². The monoisotopic (exact) mass is 296 g/mol. The lowest BCUT2D eigenvalue weighted by molar-refractivity contribution is 0.0248. The summed E-state index contributed by atoms with van der Waals surface area (Å²) in [6.07, 6.45) is 0.373. The van der Waals surface area contributed by atoms with E-state index in [2.05, 4.69) is 4.98 Å². The second-order valence-corrected chi connectivity index (χ2v) is 6.23. The molecule has 0 spiro atoms. The molecule has 20 heavy (non-hydrogen) atoms. The van der Waals surface area contributed by atoms with Gasteiger partial charge in [-0.25, -0.2) is 4.98 Å². The number of rotatable bonds is 2. The van der Waals surface area contributed by atoms with Gasteiger partial charge in [0.2, 0.25) is 0 Å². The van der Waals surface area contributed by atoms with Gasteiger partial charge in [0.15, 0.2) is 0 Å². The van der Waals surface area contributed by atoms with Crippen molar-refractivity contribution in [2.45, 2.75) is 39.2 Å². The van der Waals surface area contributed by atoms with Crippen LogP contribution in [0.4, 0.5) is 0 Å². The minimum atomic E-state index is -0.449. The Bertz CT molecular complexity index is 505. The van der Waals surface area contributed by atoms with Gasteiger partial charge >= 0.3 is 0 Å². The van der Waals surface area contributed by atoms with Crippen molar-refractivity contribution in [3.63, 3.8) is 0 Å². The predicted molar refractivity (Wildman–Crippen MR) is 79.0 cm³/mol. The molecule has 0 aliphatic carbocycles. The number of nitrogens with zero attached hydrogens (tertiary/aromatic N) is 2. The number of amides is 1. The maximum Gasteiger partial charge on any atom is 0.254 e. The number of aliphatic hydroxyl groups is 1.